The van der Waals surface area contributed by atoms with Crippen LogP contribution in [-0.2, 0) is 15.9 Å². The molecule has 6 heteroatoms. The van der Waals surface area contributed by atoms with Gasteiger partial charge in [-0.2, -0.15) is 0 Å². The van der Waals surface area contributed by atoms with Crippen LogP contribution in [0.25, 0.3) is 0 Å². The van der Waals surface area contributed by atoms with Crippen LogP contribution in [0.5, 0.6) is 0 Å². The molecule has 0 unspecified atom stereocenters. The average molecular weight is 237 g/mol. The molecule has 1 aliphatic rings. The van der Waals surface area contributed by atoms with Gasteiger partial charge < -0.3 is 9.31 Å². The van der Waals surface area contributed by atoms with Crippen LogP contribution in [-0.4, -0.2) is 33.3 Å². The molecule has 0 aliphatic carbocycles. The number of aryl methyl sites for hydroxylation is 2. The van der Waals surface area contributed by atoms with Crippen LogP contribution in [0.15, 0.2) is 0 Å². The van der Waals surface area contributed by atoms with Crippen molar-refractivity contribution in [3.05, 3.63) is 5.69 Å². The summed E-state index contributed by atoms with van der Waals surface area (Å²) in [5.41, 5.74) is 1.14. The lowest BCUT2D eigenvalue weighted by molar-refractivity contribution is 0.00578. The lowest BCUT2D eigenvalue weighted by Crippen LogP contribution is -2.41. The molecule has 0 aromatic carbocycles. The molecular weight excluding hydrogens is 217 g/mol. The van der Waals surface area contributed by atoms with E-state index >= 15 is 0 Å². The fourth-order valence-electron chi connectivity index (χ4n) is 1.89. The predicted octanol–water partition coefficient (Wildman–Crippen LogP) is 0.906. The van der Waals surface area contributed by atoms with E-state index in [1.54, 1.807) is 0 Å². The molecule has 1 aromatic heterocycles. The molecule has 2 rings (SSSR count). The normalized spacial score (nSPS) is 22.1. The molecule has 0 N–H and O–H groups in total. The van der Waals surface area contributed by atoms with E-state index in [-0.39, 0.29) is 18.3 Å². The summed E-state index contributed by atoms with van der Waals surface area (Å²) in [6, 6.07) is 0. The first-order valence-corrected chi connectivity index (χ1v) is 6.04. The second-order valence-electron chi connectivity index (χ2n) is 5.46. The first kappa shape index (κ1) is 12.6. The molecule has 0 bridgehead atoms. The van der Waals surface area contributed by atoms with Crippen molar-refractivity contribution in [1.29, 1.82) is 0 Å². The lowest BCUT2D eigenvalue weighted by atomic mass is 9.83. The van der Waals surface area contributed by atoms with Crippen LogP contribution in [0, 0.1) is 6.92 Å². The highest BCUT2D eigenvalue weighted by Gasteiger charge is 2.53. The lowest BCUT2D eigenvalue weighted by Gasteiger charge is -2.32. The number of hydrogen-bond acceptors (Lipinski definition) is 4. The van der Waals surface area contributed by atoms with Crippen LogP contribution >= 0.6 is 0 Å². The summed E-state index contributed by atoms with van der Waals surface area (Å²) < 4.78 is 13.8. The molecule has 0 amide bonds. The highest BCUT2D eigenvalue weighted by Crippen LogP contribution is 2.36. The molecule has 1 fully saturated rings. The van der Waals surface area contributed by atoms with Crippen LogP contribution in [0.1, 0.15) is 40.3 Å². The van der Waals surface area contributed by atoms with Crippen LogP contribution < -0.4 is 5.59 Å². The highest BCUT2D eigenvalue weighted by molar-refractivity contribution is 6.61. The molecular formula is C11H20BN3O2. The summed E-state index contributed by atoms with van der Waals surface area (Å²) in [6.07, 6.45) is 0. The summed E-state index contributed by atoms with van der Waals surface area (Å²) in [7, 11) is -0.380. The van der Waals surface area contributed by atoms with Gasteiger partial charge in [0.15, 0.2) is 0 Å². The van der Waals surface area contributed by atoms with Crippen molar-refractivity contribution >= 4 is 12.7 Å². The Bertz CT molecular complexity index is 412. The summed E-state index contributed by atoms with van der Waals surface area (Å²) >= 11 is 0. The van der Waals surface area contributed by atoms with Gasteiger partial charge in [-0.1, -0.05) is 5.21 Å². The molecule has 94 valence electrons. The summed E-state index contributed by atoms with van der Waals surface area (Å²) in [5.74, 6) is 0. The van der Waals surface area contributed by atoms with Gasteiger partial charge in [0.05, 0.1) is 22.5 Å². The van der Waals surface area contributed by atoms with Crippen molar-refractivity contribution < 1.29 is 9.31 Å². The topological polar surface area (TPSA) is 49.2 Å². The quantitative estimate of drug-likeness (QED) is 0.717. The third kappa shape index (κ3) is 1.89. The van der Waals surface area contributed by atoms with Crippen molar-refractivity contribution in [3.8, 4) is 0 Å². The zero-order chi connectivity index (χ0) is 12.8. The first-order chi connectivity index (χ1) is 7.78. The van der Waals surface area contributed by atoms with E-state index in [4.69, 9.17) is 9.31 Å². The summed E-state index contributed by atoms with van der Waals surface area (Å²) in [6.45, 7) is 12.9. The Kier molecular flexibility index (Phi) is 2.82. The van der Waals surface area contributed by atoms with Crippen LogP contribution in [0.2, 0.25) is 0 Å². The SMILES string of the molecule is CCn1nnc(C)c1B1OC(C)(C)C(C)(C)O1. The molecule has 1 aliphatic heterocycles. The second kappa shape index (κ2) is 3.81. The maximum absolute atomic E-state index is 6.01. The van der Waals surface area contributed by atoms with E-state index in [2.05, 4.69) is 10.3 Å². The Morgan fingerprint density at radius 3 is 2.18 bits per heavy atom. The van der Waals surface area contributed by atoms with Gasteiger partial charge in [-0.3, -0.25) is 4.68 Å². The van der Waals surface area contributed by atoms with Crippen LogP contribution in [0.4, 0.5) is 0 Å². The molecule has 2 heterocycles. The van der Waals surface area contributed by atoms with Crippen molar-refractivity contribution in [3.63, 3.8) is 0 Å². The molecule has 5 nitrogen and oxygen atoms in total. The minimum Gasteiger partial charge on any atom is -0.398 e. The van der Waals surface area contributed by atoms with Crippen molar-refractivity contribution in [1.82, 2.24) is 15.0 Å². The number of aromatic nitrogens is 3. The molecule has 0 radical (unpaired) electrons. The smallest absolute Gasteiger partial charge is 0.398 e. The molecule has 0 atom stereocenters. The first-order valence-electron chi connectivity index (χ1n) is 6.04. The summed E-state index contributed by atoms with van der Waals surface area (Å²) in [4.78, 5) is 0. The van der Waals surface area contributed by atoms with Gasteiger partial charge >= 0.3 is 7.12 Å². The third-order valence-corrected chi connectivity index (χ3v) is 3.73. The number of nitrogens with zero attached hydrogens (tertiary/aromatic N) is 3. The molecule has 0 spiro atoms. The maximum atomic E-state index is 6.01. The summed E-state index contributed by atoms with van der Waals surface area (Å²) in [5, 5.41) is 8.16. The van der Waals surface area contributed by atoms with Gasteiger partial charge in [-0.05, 0) is 41.5 Å². The van der Waals surface area contributed by atoms with Crippen molar-refractivity contribution in [2.24, 2.45) is 0 Å². The predicted molar refractivity (Wildman–Crippen MR) is 66.1 cm³/mol. The molecule has 1 aromatic rings. The van der Waals surface area contributed by atoms with Gasteiger partial charge in [0, 0.05) is 6.54 Å². The van der Waals surface area contributed by atoms with Gasteiger partial charge in [-0.15, -0.1) is 5.10 Å². The minimum absolute atomic E-state index is 0.326. The Labute approximate surface area is 103 Å². The largest absolute Gasteiger partial charge is 0.516 e. The van der Waals surface area contributed by atoms with Gasteiger partial charge in [0.1, 0.15) is 0 Å². The monoisotopic (exact) mass is 237 g/mol. The Hall–Kier alpha value is -0.875. The Morgan fingerprint density at radius 2 is 1.71 bits per heavy atom. The minimum atomic E-state index is -0.380. The highest BCUT2D eigenvalue weighted by atomic mass is 16.7. The van der Waals surface area contributed by atoms with Gasteiger partial charge in [0.25, 0.3) is 0 Å². The van der Waals surface area contributed by atoms with E-state index in [1.165, 1.54) is 0 Å². The fourth-order valence-corrected chi connectivity index (χ4v) is 1.89. The third-order valence-electron chi connectivity index (χ3n) is 3.73. The zero-order valence-electron chi connectivity index (χ0n) is 11.4. The van der Waals surface area contributed by atoms with E-state index < -0.39 is 0 Å². The average Bonchev–Trinajstić information content (AvgIpc) is 2.65. The molecule has 17 heavy (non-hydrogen) atoms. The maximum Gasteiger partial charge on any atom is 0.516 e. The second-order valence-corrected chi connectivity index (χ2v) is 5.46. The molecule has 0 saturated carbocycles. The zero-order valence-corrected chi connectivity index (χ0v) is 11.4. The Balaban J connectivity index is 2.35. The van der Waals surface area contributed by atoms with E-state index in [0.29, 0.717) is 0 Å². The van der Waals surface area contributed by atoms with Crippen molar-refractivity contribution in [2.45, 2.75) is 59.3 Å². The molecule has 1 saturated heterocycles. The number of hydrogen-bond donors (Lipinski definition) is 0. The van der Waals surface area contributed by atoms with E-state index in [9.17, 15) is 0 Å². The standard InChI is InChI=1S/C11H20BN3O2/c1-7-15-9(8(2)13-14-15)12-16-10(3,4)11(5,6)17-12/h7H2,1-6H3. The van der Waals surface area contributed by atoms with E-state index in [0.717, 1.165) is 17.8 Å². The Morgan fingerprint density at radius 1 is 1.18 bits per heavy atom. The van der Waals surface area contributed by atoms with Crippen LogP contribution in [0.3, 0.4) is 0 Å². The fraction of sp³-hybridized carbons (Fsp3) is 0.818. The van der Waals surface area contributed by atoms with E-state index in [1.807, 2.05) is 46.2 Å². The van der Waals surface area contributed by atoms with Gasteiger partial charge in [-0.25, -0.2) is 0 Å². The van der Waals surface area contributed by atoms with Crippen molar-refractivity contribution in [2.75, 3.05) is 0 Å². The van der Waals surface area contributed by atoms with Gasteiger partial charge in [0.2, 0.25) is 0 Å². The number of rotatable bonds is 2.